The van der Waals surface area contributed by atoms with E-state index in [1.165, 1.54) is 19.3 Å². The SMILES string of the molecule is CC(CCCO)NC(=O)NC1CCCCC1C(C)(C)C. The Morgan fingerprint density at radius 1 is 1.30 bits per heavy atom. The number of carbonyl (C=O) groups excluding carboxylic acids is 1. The first-order chi connectivity index (χ1) is 9.34. The van der Waals surface area contributed by atoms with Gasteiger partial charge in [0.2, 0.25) is 0 Å². The number of urea groups is 1. The second-order valence-electron chi connectivity index (χ2n) is 7.25. The molecule has 0 spiro atoms. The molecule has 3 N–H and O–H groups in total. The Balaban J connectivity index is 2.46. The fraction of sp³-hybridized carbons (Fsp3) is 0.938. The lowest BCUT2D eigenvalue weighted by Crippen LogP contribution is -2.51. The molecule has 3 unspecified atom stereocenters. The molecular formula is C16H32N2O2. The van der Waals surface area contributed by atoms with Crippen LogP contribution in [0.3, 0.4) is 0 Å². The molecule has 0 radical (unpaired) electrons. The molecule has 0 aromatic rings. The maximum atomic E-state index is 12.1. The van der Waals surface area contributed by atoms with Crippen LogP contribution in [-0.2, 0) is 0 Å². The molecule has 118 valence electrons. The van der Waals surface area contributed by atoms with Crippen LogP contribution < -0.4 is 10.6 Å². The van der Waals surface area contributed by atoms with Crippen LogP contribution in [0.2, 0.25) is 0 Å². The van der Waals surface area contributed by atoms with Gasteiger partial charge in [0.1, 0.15) is 0 Å². The highest BCUT2D eigenvalue weighted by Crippen LogP contribution is 2.37. The summed E-state index contributed by atoms with van der Waals surface area (Å²) in [4.78, 5) is 12.1. The van der Waals surface area contributed by atoms with Gasteiger partial charge in [-0.25, -0.2) is 4.79 Å². The number of aliphatic hydroxyl groups excluding tert-OH is 1. The molecule has 1 aliphatic rings. The molecule has 20 heavy (non-hydrogen) atoms. The quantitative estimate of drug-likeness (QED) is 0.726. The van der Waals surface area contributed by atoms with Crippen molar-refractivity contribution >= 4 is 6.03 Å². The zero-order valence-corrected chi connectivity index (χ0v) is 13.5. The summed E-state index contributed by atoms with van der Waals surface area (Å²) in [6, 6.07) is 0.337. The number of carbonyl (C=O) groups is 1. The van der Waals surface area contributed by atoms with Gasteiger partial charge in [-0.15, -0.1) is 0 Å². The largest absolute Gasteiger partial charge is 0.396 e. The highest BCUT2D eigenvalue weighted by atomic mass is 16.3. The molecular weight excluding hydrogens is 252 g/mol. The first-order valence-corrected chi connectivity index (χ1v) is 8.02. The number of aliphatic hydroxyl groups is 1. The monoisotopic (exact) mass is 284 g/mol. The molecule has 1 fully saturated rings. The summed E-state index contributed by atoms with van der Waals surface area (Å²) < 4.78 is 0. The Morgan fingerprint density at radius 3 is 2.55 bits per heavy atom. The molecule has 0 aromatic heterocycles. The summed E-state index contributed by atoms with van der Waals surface area (Å²) in [7, 11) is 0. The predicted molar refractivity (Wildman–Crippen MR) is 82.7 cm³/mol. The van der Waals surface area contributed by atoms with Crippen molar-refractivity contribution in [3.8, 4) is 0 Å². The van der Waals surface area contributed by atoms with Gasteiger partial charge in [-0.1, -0.05) is 33.6 Å². The van der Waals surface area contributed by atoms with Crippen LogP contribution in [-0.4, -0.2) is 29.8 Å². The van der Waals surface area contributed by atoms with Gasteiger partial charge >= 0.3 is 6.03 Å². The van der Waals surface area contributed by atoms with Crippen molar-refractivity contribution in [2.24, 2.45) is 11.3 Å². The first kappa shape index (κ1) is 17.3. The number of nitrogens with one attached hydrogen (secondary N) is 2. The van der Waals surface area contributed by atoms with Gasteiger partial charge in [-0.2, -0.15) is 0 Å². The van der Waals surface area contributed by atoms with Gasteiger partial charge in [-0.05, 0) is 43.9 Å². The summed E-state index contributed by atoms with van der Waals surface area (Å²) in [5, 5.41) is 14.9. The Morgan fingerprint density at radius 2 is 1.95 bits per heavy atom. The lowest BCUT2D eigenvalue weighted by atomic mass is 9.69. The molecule has 0 bridgehead atoms. The molecule has 2 amide bonds. The maximum Gasteiger partial charge on any atom is 0.315 e. The van der Waals surface area contributed by atoms with Crippen LogP contribution in [0.4, 0.5) is 4.79 Å². The van der Waals surface area contributed by atoms with Crippen molar-refractivity contribution in [3.05, 3.63) is 0 Å². The molecule has 4 nitrogen and oxygen atoms in total. The van der Waals surface area contributed by atoms with E-state index >= 15 is 0 Å². The minimum Gasteiger partial charge on any atom is -0.396 e. The van der Waals surface area contributed by atoms with Crippen molar-refractivity contribution in [3.63, 3.8) is 0 Å². The lowest BCUT2D eigenvalue weighted by molar-refractivity contribution is 0.133. The third kappa shape index (κ3) is 5.70. The summed E-state index contributed by atoms with van der Waals surface area (Å²) in [5.41, 5.74) is 0.237. The predicted octanol–water partition coefficient (Wildman–Crippen LogP) is 3.05. The molecule has 3 atom stereocenters. The molecule has 0 heterocycles. The molecule has 0 aromatic carbocycles. The van der Waals surface area contributed by atoms with E-state index in [0.717, 1.165) is 19.3 Å². The summed E-state index contributed by atoms with van der Waals surface area (Å²) in [6.45, 7) is 8.96. The van der Waals surface area contributed by atoms with E-state index in [-0.39, 0.29) is 30.1 Å². The minimum absolute atomic E-state index is 0.0587. The number of hydrogen-bond acceptors (Lipinski definition) is 2. The van der Waals surface area contributed by atoms with Gasteiger partial charge in [0, 0.05) is 18.7 Å². The number of hydrogen-bond donors (Lipinski definition) is 3. The molecule has 4 heteroatoms. The molecule has 1 saturated carbocycles. The van der Waals surface area contributed by atoms with Crippen molar-refractivity contribution in [2.75, 3.05) is 6.61 Å². The van der Waals surface area contributed by atoms with Crippen LogP contribution in [0.5, 0.6) is 0 Å². The van der Waals surface area contributed by atoms with Crippen LogP contribution in [0.25, 0.3) is 0 Å². The van der Waals surface area contributed by atoms with Gasteiger partial charge in [0.05, 0.1) is 0 Å². The van der Waals surface area contributed by atoms with Gasteiger partial charge in [0.15, 0.2) is 0 Å². The fourth-order valence-corrected chi connectivity index (χ4v) is 3.24. The van der Waals surface area contributed by atoms with E-state index < -0.39 is 0 Å². The molecule has 1 rings (SSSR count). The second-order valence-corrected chi connectivity index (χ2v) is 7.25. The smallest absolute Gasteiger partial charge is 0.315 e. The summed E-state index contributed by atoms with van der Waals surface area (Å²) in [5.74, 6) is 0.551. The van der Waals surface area contributed by atoms with Crippen LogP contribution in [0.15, 0.2) is 0 Å². The van der Waals surface area contributed by atoms with E-state index in [0.29, 0.717) is 5.92 Å². The van der Waals surface area contributed by atoms with Crippen LogP contribution in [0, 0.1) is 11.3 Å². The zero-order valence-electron chi connectivity index (χ0n) is 13.5. The van der Waals surface area contributed by atoms with E-state index in [1.807, 2.05) is 6.92 Å². The Hall–Kier alpha value is -0.770. The number of rotatable bonds is 5. The molecule has 0 saturated heterocycles. The average Bonchev–Trinajstić information content (AvgIpc) is 2.35. The lowest BCUT2D eigenvalue weighted by Gasteiger charge is -2.40. The summed E-state index contributed by atoms with van der Waals surface area (Å²) >= 11 is 0. The topological polar surface area (TPSA) is 61.4 Å². The first-order valence-electron chi connectivity index (χ1n) is 8.02. The van der Waals surface area contributed by atoms with Crippen molar-refractivity contribution in [1.82, 2.24) is 10.6 Å². The van der Waals surface area contributed by atoms with Crippen molar-refractivity contribution in [1.29, 1.82) is 0 Å². The Bertz CT molecular complexity index is 299. The Labute approximate surface area is 123 Å². The second kappa shape index (κ2) is 7.87. The standard InChI is InChI=1S/C16H32N2O2/c1-12(8-7-11-19)17-15(20)18-14-10-6-5-9-13(14)16(2,3)4/h12-14,19H,5-11H2,1-4H3,(H2,17,18,20). The molecule has 1 aliphatic carbocycles. The average molecular weight is 284 g/mol. The highest BCUT2D eigenvalue weighted by molar-refractivity contribution is 5.74. The molecule has 0 aliphatic heterocycles. The van der Waals surface area contributed by atoms with E-state index in [9.17, 15) is 4.79 Å². The van der Waals surface area contributed by atoms with Crippen LogP contribution >= 0.6 is 0 Å². The maximum absolute atomic E-state index is 12.1. The van der Waals surface area contributed by atoms with Crippen molar-refractivity contribution < 1.29 is 9.90 Å². The highest BCUT2D eigenvalue weighted by Gasteiger charge is 2.34. The third-order valence-electron chi connectivity index (χ3n) is 4.37. The zero-order chi connectivity index (χ0) is 15.2. The van der Waals surface area contributed by atoms with E-state index in [4.69, 9.17) is 5.11 Å². The third-order valence-corrected chi connectivity index (χ3v) is 4.37. The van der Waals surface area contributed by atoms with E-state index in [1.54, 1.807) is 0 Å². The van der Waals surface area contributed by atoms with Crippen molar-refractivity contribution in [2.45, 2.75) is 78.3 Å². The number of amides is 2. The fourth-order valence-electron chi connectivity index (χ4n) is 3.24. The summed E-state index contributed by atoms with van der Waals surface area (Å²) in [6.07, 6.45) is 6.31. The Kier molecular flexibility index (Phi) is 6.80. The van der Waals surface area contributed by atoms with Gasteiger partial charge in [0.25, 0.3) is 0 Å². The van der Waals surface area contributed by atoms with Gasteiger partial charge < -0.3 is 15.7 Å². The van der Waals surface area contributed by atoms with E-state index in [2.05, 4.69) is 31.4 Å². The van der Waals surface area contributed by atoms with Gasteiger partial charge in [-0.3, -0.25) is 0 Å². The minimum atomic E-state index is -0.0587. The normalized spacial score (nSPS) is 25.1. The van der Waals surface area contributed by atoms with Crippen LogP contribution in [0.1, 0.15) is 66.2 Å².